The van der Waals surface area contributed by atoms with Crippen LogP contribution in [0.25, 0.3) is 0 Å². The Bertz CT molecular complexity index is 248. The van der Waals surface area contributed by atoms with Crippen molar-refractivity contribution < 1.29 is 0 Å². The molecule has 72 valence electrons. The fourth-order valence-electron chi connectivity index (χ4n) is 0.852. The molecule has 0 saturated carbocycles. The van der Waals surface area contributed by atoms with E-state index in [4.69, 9.17) is 5.73 Å². The molecular weight excluding hydrogens is 246 g/mol. The summed E-state index contributed by atoms with van der Waals surface area (Å²) in [6, 6.07) is 8.64. The Morgan fingerprint density at radius 1 is 1.38 bits per heavy atom. The van der Waals surface area contributed by atoms with E-state index in [2.05, 4.69) is 47.1 Å². The molecule has 0 aliphatic heterocycles. The third-order valence-electron chi connectivity index (χ3n) is 1.80. The zero-order chi connectivity index (χ0) is 9.68. The number of thioether (sulfide) groups is 1. The van der Waals surface area contributed by atoms with Crippen molar-refractivity contribution in [3.8, 4) is 0 Å². The van der Waals surface area contributed by atoms with Crippen LogP contribution in [0.4, 0.5) is 0 Å². The molecule has 3 heteroatoms. The Hall–Kier alpha value is 0.01000. The zero-order valence-corrected chi connectivity index (χ0v) is 10.1. The average Bonchev–Trinajstić information content (AvgIpc) is 2.16. The number of rotatable bonds is 4. The Morgan fingerprint density at radius 3 is 2.54 bits per heavy atom. The fourth-order valence-corrected chi connectivity index (χ4v) is 2.09. The molecule has 0 aliphatic carbocycles. The summed E-state index contributed by atoms with van der Waals surface area (Å²) >= 11 is 5.22. The maximum Gasteiger partial charge on any atom is 0.0176 e. The van der Waals surface area contributed by atoms with Crippen LogP contribution in [0.3, 0.4) is 0 Å². The smallest absolute Gasteiger partial charge is 0.0176 e. The minimum absolute atomic E-state index is 0.314. The van der Waals surface area contributed by atoms with Crippen molar-refractivity contribution in [1.82, 2.24) is 0 Å². The van der Waals surface area contributed by atoms with Crippen LogP contribution in [0.5, 0.6) is 0 Å². The molecule has 1 rings (SSSR count). The van der Waals surface area contributed by atoms with Gasteiger partial charge in [-0.25, -0.2) is 0 Å². The van der Waals surface area contributed by atoms with Gasteiger partial charge in [-0.3, -0.25) is 0 Å². The number of hydrogen-bond donors (Lipinski definition) is 1. The molecule has 1 nitrogen and oxygen atoms in total. The van der Waals surface area contributed by atoms with Crippen molar-refractivity contribution in [2.45, 2.75) is 24.3 Å². The van der Waals surface area contributed by atoms with E-state index in [1.165, 1.54) is 4.90 Å². The lowest BCUT2D eigenvalue weighted by Crippen LogP contribution is -2.21. The summed E-state index contributed by atoms with van der Waals surface area (Å²) in [6.07, 6.45) is 1.05. The van der Waals surface area contributed by atoms with Gasteiger partial charge in [0.2, 0.25) is 0 Å². The van der Waals surface area contributed by atoms with E-state index in [0.29, 0.717) is 6.04 Å². The molecule has 0 spiro atoms. The average molecular weight is 260 g/mol. The summed E-state index contributed by atoms with van der Waals surface area (Å²) in [7, 11) is 0. The van der Waals surface area contributed by atoms with E-state index in [0.717, 1.165) is 16.6 Å². The van der Waals surface area contributed by atoms with Crippen LogP contribution >= 0.6 is 27.7 Å². The Kier molecular flexibility index (Phi) is 4.84. The molecule has 0 heterocycles. The molecule has 0 saturated heterocycles. The first kappa shape index (κ1) is 11.1. The highest BCUT2D eigenvalue weighted by molar-refractivity contribution is 9.10. The fraction of sp³-hybridized carbons (Fsp3) is 0.400. The first-order valence-corrected chi connectivity index (χ1v) is 6.14. The molecule has 0 fully saturated rings. The van der Waals surface area contributed by atoms with E-state index < -0.39 is 0 Å². The lowest BCUT2D eigenvalue weighted by Gasteiger charge is -2.07. The summed E-state index contributed by atoms with van der Waals surface area (Å²) in [4.78, 5) is 1.28. The summed E-state index contributed by atoms with van der Waals surface area (Å²) in [5.74, 6) is 0.998. The van der Waals surface area contributed by atoms with E-state index in [1.54, 1.807) is 0 Å². The van der Waals surface area contributed by atoms with Crippen LogP contribution in [-0.4, -0.2) is 11.8 Å². The molecule has 0 aromatic heterocycles. The SMILES string of the molecule is CCC(N)CSc1ccc(Br)cc1. The van der Waals surface area contributed by atoms with Gasteiger partial charge in [-0.1, -0.05) is 22.9 Å². The van der Waals surface area contributed by atoms with Gasteiger partial charge in [0.1, 0.15) is 0 Å². The highest BCUT2D eigenvalue weighted by Crippen LogP contribution is 2.21. The van der Waals surface area contributed by atoms with Gasteiger partial charge in [0.05, 0.1) is 0 Å². The van der Waals surface area contributed by atoms with E-state index in [1.807, 2.05) is 11.8 Å². The van der Waals surface area contributed by atoms with E-state index >= 15 is 0 Å². The van der Waals surface area contributed by atoms with Crippen molar-refractivity contribution in [2.75, 3.05) is 5.75 Å². The maximum absolute atomic E-state index is 5.82. The van der Waals surface area contributed by atoms with Crippen molar-refractivity contribution in [3.63, 3.8) is 0 Å². The van der Waals surface area contributed by atoms with Gasteiger partial charge in [0, 0.05) is 21.2 Å². The van der Waals surface area contributed by atoms with Gasteiger partial charge in [0.25, 0.3) is 0 Å². The van der Waals surface area contributed by atoms with Crippen LogP contribution in [0.2, 0.25) is 0 Å². The van der Waals surface area contributed by atoms with Crippen LogP contribution in [0.1, 0.15) is 13.3 Å². The third-order valence-corrected chi connectivity index (χ3v) is 3.53. The van der Waals surface area contributed by atoms with Gasteiger partial charge in [-0.15, -0.1) is 11.8 Å². The number of nitrogens with two attached hydrogens (primary N) is 1. The minimum Gasteiger partial charge on any atom is -0.327 e. The highest BCUT2D eigenvalue weighted by atomic mass is 79.9. The monoisotopic (exact) mass is 259 g/mol. The molecule has 0 radical (unpaired) electrons. The second-order valence-corrected chi connectivity index (χ2v) is 4.94. The predicted octanol–water partition coefficient (Wildman–Crippen LogP) is 3.28. The van der Waals surface area contributed by atoms with Crippen LogP contribution in [0, 0.1) is 0 Å². The van der Waals surface area contributed by atoms with Crippen molar-refractivity contribution >= 4 is 27.7 Å². The molecule has 2 N–H and O–H groups in total. The molecule has 1 atom stereocenters. The van der Waals surface area contributed by atoms with Crippen LogP contribution < -0.4 is 5.73 Å². The van der Waals surface area contributed by atoms with Gasteiger partial charge in [-0.2, -0.15) is 0 Å². The third kappa shape index (κ3) is 4.16. The highest BCUT2D eigenvalue weighted by Gasteiger charge is 2.00. The second-order valence-electron chi connectivity index (χ2n) is 2.93. The molecule has 1 aromatic carbocycles. The number of halogens is 1. The summed E-state index contributed by atoms with van der Waals surface area (Å²) in [5.41, 5.74) is 5.82. The van der Waals surface area contributed by atoms with Gasteiger partial charge in [0.15, 0.2) is 0 Å². The minimum atomic E-state index is 0.314. The molecule has 0 aliphatic rings. The quantitative estimate of drug-likeness (QED) is 0.841. The Balaban J connectivity index is 2.41. The van der Waals surface area contributed by atoms with Gasteiger partial charge >= 0.3 is 0 Å². The van der Waals surface area contributed by atoms with Crippen molar-refractivity contribution in [2.24, 2.45) is 5.73 Å². The Morgan fingerprint density at radius 2 is 2.00 bits per heavy atom. The molecule has 13 heavy (non-hydrogen) atoms. The van der Waals surface area contributed by atoms with Crippen LogP contribution in [-0.2, 0) is 0 Å². The van der Waals surface area contributed by atoms with Crippen molar-refractivity contribution in [1.29, 1.82) is 0 Å². The topological polar surface area (TPSA) is 26.0 Å². The Labute approximate surface area is 92.2 Å². The number of benzene rings is 1. The van der Waals surface area contributed by atoms with E-state index in [9.17, 15) is 0 Å². The van der Waals surface area contributed by atoms with Crippen LogP contribution in [0.15, 0.2) is 33.6 Å². The first-order chi connectivity index (χ1) is 6.22. The summed E-state index contributed by atoms with van der Waals surface area (Å²) < 4.78 is 1.12. The zero-order valence-electron chi connectivity index (χ0n) is 7.66. The number of hydrogen-bond acceptors (Lipinski definition) is 2. The molecule has 1 aromatic rings. The normalized spacial score (nSPS) is 12.8. The summed E-state index contributed by atoms with van der Waals surface area (Å²) in [6.45, 7) is 2.12. The van der Waals surface area contributed by atoms with Gasteiger partial charge < -0.3 is 5.73 Å². The maximum atomic E-state index is 5.82. The standard InChI is InChI=1S/C10H14BrNS/c1-2-9(12)7-13-10-5-3-8(11)4-6-10/h3-6,9H,2,7,12H2,1H3. The molecule has 1 unspecified atom stereocenters. The molecule has 0 bridgehead atoms. The van der Waals surface area contributed by atoms with E-state index in [-0.39, 0.29) is 0 Å². The lowest BCUT2D eigenvalue weighted by atomic mass is 10.3. The lowest BCUT2D eigenvalue weighted by molar-refractivity contribution is 0.725. The molecular formula is C10H14BrNS. The second kappa shape index (κ2) is 5.68. The molecule has 0 amide bonds. The predicted molar refractivity (Wildman–Crippen MR) is 63.1 cm³/mol. The van der Waals surface area contributed by atoms with Gasteiger partial charge in [-0.05, 0) is 30.7 Å². The summed E-state index contributed by atoms with van der Waals surface area (Å²) in [5, 5.41) is 0. The first-order valence-electron chi connectivity index (χ1n) is 4.36. The largest absolute Gasteiger partial charge is 0.327 e. The van der Waals surface area contributed by atoms with Crippen molar-refractivity contribution in [3.05, 3.63) is 28.7 Å².